The van der Waals surface area contributed by atoms with E-state index in [9.17, 15) is 4.79 Å². The molecule has 0 aromatic carbocycles. The highest BCUT2D eigenvalue weighted by molar-refractivity contribution is 5.80. The van der Waals surface area contributed by atoms with Gasteiger partial charge in [-0.1, -0.05) is 0 Å². The van der Waals surface area contributed by atoms with Crippen LogP contribution in [0.4, 0.5) is 5.95 Å². The molecule has 1 aliphatic heterocycles. The molecule has 6 heteroatoms. The Bertz CT molecular complexity index is 448. The quantitative estimate of drug-likeness (QED) is 0.826. The van der Waals surface area contributed by atoms with E-state index in [1.165, 1.54) is 0 Å². The van der Waals surface area contributed by atoms with Crippen molar-refractivity contribution in [3.63, 3.8) is 0 Å². The van der Waals surface area contributed by atoms with Crippen LogP contribution in [0.2, 0.25) is 0 Å². The smallest absolute Gasteiger partial charge is 0.225 e. The molecule has 6 nitrogen and oxygen atoms in total. The fourth-order valence-corrected chi connectivity index (χ4v) is 2.31. The summed E-state index contributed by atoms with van der Waals surface area (Å²) < 4.78 is 0. The molecular weight excluding hydrogens is 230 g/mol. The van der Waals surface area contributed by atoms with E-state index < -0.39 is 0 Å². The fraction of sp³-hybridized carbons (Fsp3) is 0.583. The number of anilines is 1. The third-order valence-corrected chi connectivity index (χ3v) is 3.18. The van der Waals surface area contributed by atoms with E-state index in [0.717, 1.165) is 5.69 Å². The predicted molar refractivity (Wildman–Crippen MR) is 69.1 cm³/mol. The van der Waals surface area contributed by atoms with Crippen molar-refractivity contribution in [2.24, 2.45) is 5.73 Å². The van der Waals surface area contributed by atoms with Crippen LogP contribution in [0, 0.1) is 0 Å². The van der Waals surface area contributed by atoms with E-state index in [4.69, 9.17) is 5.73 Å². The number of rotatable bonds is 3. The largest absolute Gasteiger partial charge is 0.347 e. The number of nitrogens with two attached hydrogens (primary N) is 1. The molecule has 1 aromatic rings. The summed E-state index contributed by atoms with van der Waals surface area (Å²) >= 11 is 0. The first kappa shape index (κ1) is 12.8. The van der Waals surface area contributed by atoms with Crippen molar-refractivity contribution in [3.8, 4) is 0 Å². The summed E-state index contributed by atoms with van der Waals surface area (Å²) in [6.07, 6.45) is 2.10. The van der Waals surface area contributed by atoms with Crippen molar-refractivity contribution >= 4 is 11.9 Å². The zero-order valence-corrected chi connectivity index (χ0v) is 11.0. The van der Waals surface area contributed by atoms with Crippen molar-refractivity contribution in [2.45, 2.75) is 25.4 Å². The number of carbonyl (C=O) groups excluding carboxylic acids is 1. The standard InChI is InChI=1S/C12H19N5O/c1-4-17-10(18)7-8(13)11(17)9-5-6-14-12(15-9)16(2)3/h5-6,8,11H,4,7,13H2,1-3H3. The minimum absolute atomic E-state index is 0.0972. The molecular formula is C12H19N5O. The van der Waals surface area contributed by atoms with Gasteiger partial charge >= 0.3 is 0 Å². The van der Waals surface area contributed by atoms with Crippen molar-refractivity contribution in [1.82, 2.24) is 14.9 Å². The summed E-state index contributed by atoms with van der Waals surface area (Å²) in [5.41, 5.74) is 6.87. The zero-order chi connectivity index (χ0) is 13.3. The Hall–Kier alpha value is -1.69. The first-order chi connectivity index (χ1) is 8.54. The summed E-state index contributed by atoms with van der Waals surface area (Å²) in [4.78, 5) is 24.1. The lowest BCUT2D eigenvalue weighted by Crippen LogP contribution is -2.33. The maximum atomic E-state index is 11.8. The molecule has 2 atom stereocenters. The molecule has 1 amide bonds. The molecule has 2 heterocycles. The van der Waals surface area contributed by atoms with E-state index in [0.29, 0.717) is 18.9 Å². The van der Waals surface area contributed by atoms with Gasteiger partial charge in [0.2, 0.25) is 11.9 Å². The van der Waals surface area contributed by atoms with Crippen LogP contribution < -0.4 is 10.6 Å². The van der Waals surface area contributed by atoms with Crippen LogP contribution in [-0.2, 0) is 4.79 Å². The second kappa shape index (κ2) is 4.89. The molecule has 1 aliphatic rings. The van der Waals surface area contributed by atoms with E-state index in [1.807, 2.05) is 32.0 Å². The number of likely N-dealkylation sites (tertiary alicyclic amines) is 1. The Morgan fingerprint density at radius 1 is 1.56 bits per heavy atom. The Morgan fingerprint density at radius 2 is 2.28 bits per heavy atom. The minimum Gasteiger partial charge on any atom is -0.347 e. The summed E-state index contributed by atoms with van der Waals surface area (Å²) in [7, 11) is 3.77. The minimum atomic E-state index is -0.192. The highest BCUT2D eigenvalue weighted by Gasteiger charge is 2.38. The average Bonchev–Trinajstić information content (AvgIpc) is 2.63. The SMILES string of the molecule is CCN1C(=O)CC(N)C1c1ccnc(N(C)C)n1. The summed E-state index contributed by atoms with van der Waals surface area (Å²) in [6, 6.07) is 1.50. The van der Waals surface area contributed by atoms with Crippen LogP contribution in [-0.4, -0.2) is 47.5 Å². The maximum Gasteiger partial charge on any atom is 0.225 e. The van der Waals surface area contributed by atoms with Gasteiger partial charge in [-0.05, 0) is 13.0 Å². The summed E-state index contributed by atoms with van der Waals surface area (Å²) in [6.45, 7) is 2.61. The number of likely N-dealkylation sites (N-methyl/N-ethyl adjacent to an activating group) is 1. The number of nitrogens with zero attached hydrogens (tertiary/aromatic N) is 4. The first-order valence-corrected chi connectivity index (χ1v) is 6.10. The van der Waals surface area contributed by atoms with Crippen molar-refractivity contribution in [3.05, 3.63) is 18.0 Å². The molecule has 1 aromatic heterocycles. The Labute approximate surface area is 107 Å². The molecule has 0 radical (unpaired) electrons. The molecule has 98 valence electrons. The van der Waals surface area contributed by atoms with Gasteiger partial charge in [-0.15, -0.1) is 0 Å². The molecule has 0 spiro atoms. The van der Waals surface area contributed by atoms with Gasteiger partial charge < -0.3 is 15.5 Å². The topological polar surface area (TPSA) is 75.3 Å². The van der Waals surface area contributed by atoms with Crippen LogP contribution in [0.15, 0.2) is 12.3 Å². The maximum absolute atomic E-state index is 11.8. The lowest BCUT2D eigenvalue weighted by molar-refractivity contribution is -0.128. The monoisotopic (exact) mass is 249 g/mol. The molecule has 0 saturated carbocycles. The summed E-state index contributed by atoms with van der Waals surface area (Å²) in [5.74, 6) is 0.732. The van der Waals surface area contributed by atoms with Gasteiger partial charge in [0.25, 0.3) is 0 Å². The first-order valence-electron chi connectivity index (χ1n) is 6.10. The molecule has 2 unspecified atom stereocenters. The fourth-order valence-electron chi connectivity index (χ4n) is 2.31. The second-order valence-electron chi connectivity index (χ2n) is 4.67. The lowest BCUT2D eigenvalue weighted by atomic mass is 10.1. The zero-order valence-electron chi connectivity index (χ0n) is 11.0. The second-order valence-corrected chi connectivity index (χ2v) is 4.67. The van der Waals surface area contributed by atoms with E-state index >= 15 is 0 Å². The van der Waals surface area contributed by atoms with Crippen molar-refractivity contribution in [2.75, 3.05) is 25.5 Å². The van der Waals surface area contributed by atoms with Gasteiger partial charge in [-0.2, -0.15) is 0 Å². The van der Waals surface area contributed by atoms with Gasteiger partial charge in [-0.25, -0.2) is 9.97 Å². The van der Waals surface area contributed by atoms with E-state index in [1.54, 1.807) is 11.1 Å². The van der Waals surface area contributed by atoms with Gasteiger partial charge in [-0.3, -0.25) is 4.79 Å². The highest BCUT2D eigenvalue weighted by Crippen LogP contribution is 2.30. The molecule has 1 saturated heterocycles. The molecule has 18 heavy (non-hydrogen) atoms. The van der Waals surface area contributed by atoms with E-state index in [2.05, 4.69) is 9.97 Å². The molecule has 2 N–H and O–H groups in total. The summed E-state index contributed by atoms with van der Waals surface area (Å²) in [5, 5.41) is 0. The number of amides is 1. The normalized spacial score (nSPS) is 23.6. The van der Waals surface area contributed by atoms with Gasteiger partial charge in [0.05, 0.1) is 11.7 Å². The van der Waals surface area contributed by atoms with Crippen LogP contribution in [0.1, 0.15) is 25.1 Å². The average molecular weight is 249 g/mol. The predicted octanol–water partition coefficient (Wildman–Crippen LogP) is 0.163. The molecule has 0 bridgehead atoms. The van der Waals surface area contributed by atoms with Crippen LogP contribution in [0.25, 0.3) is 0 Å². The van der Waals surface area contributed by atoms with Crippen molar-refractivity contribution < 1.29 is 4.79 Å². The lowest BCUT2D eigenvalue weighted by Gasteiger charge is -2.25. The molecule has 2 rings (SSSR count). The molecule has 1 fully saturated rings. The van der Waals surface area contributed by atoms with Gasteiger partial charge in [0, 0.05) is 39.3 Å². The molecule has 0 aliphatic carbocycles. The Morgan fingerprint density at radius 3 is 2.89 bits per heavy atom. The Kier molecular flexibility index (Phi) is 3.47. The van der Waals surface area contributed by atoms with Crippen LogP contribution in [0.3, 0.4) is 0 Å². The Balaban J connectivity index is 2.35. The highest BCUT2D eigenvalue weighted by atomic mass is 16.2. The van der Waals surface area contributed by atoms with Gasteiger partial charge in [0.15, 0.2) is 0 Å². The number of hydrogen-bond acceptors (Lipinski definition) is 5. The number of carbonyl (C=O) groups is 1. The van der Waals surface area contributed by atoms with E-state index in [-0.39, 0.29) is 18.0 Å². The van der Waals surface area contributed by atoms with Gasteiger partial charge in [0.1, 0.15) is 0 Å². The third-order valence-electron chi connectivity index (χ3n) is 3.18. The number of aromatic nitrogens is 2. The number of hydrogen-bond donors (Lipinski definition) is 1. The van der Waals surface area contributed by atoms with Crippen LogP contribution >= 0.6 is 0 Å². The van der Waals surface area contributed by atoms with Crippen LogP contribution in [0.5, 0.6) is 0 Å². The van der Waals surface area contributed by atoms with Crippen molar-refractivity contribution in [1.29, 1.82) is 0 Å². The third kappa shape index (κ3) is 2.15.